The van der Waals surface area contributed by atoms with E-state index in [2.05, 4.69) is 10.4 Å². The molecule has 3 aromatic rings. The Morgan fingerprint density at radius 2 is 1.84 bits per heavy atom. The molecule has 128 valence electrons. The average molecular weight is 345 g/mol. The number of carbonyl (C=O) groups is 1. The highest BCUT2D eigenvalue weighted by molar-refractivity contribution is 6.04. The molecular weight excluding hydrogens is 331 g/mol. The highest BCUT2D eigenvalue weighted by Gasteiger charge is 2.30. The van der Waals surface area contributed by atoms with Crippen LogP contribution >= 0.6 is 0 Å². The summed E-state index contributed by atoms with van der Waals surface area (Å²) in [5.74, 6) is -0.279. The number of halogens is 3. The van der Waals surface area contributed by atoms with Gasteiger partial charge < -0.3 is 5.32 Å². The van der Waals surface area contributed by atoms with E-state index in [9.17, 15) is 18.0 Å². The molecule has 1 amide bonds. The molecular formula is C18H14F3N3O. The number of carbonyl (C=O) groups excluding carboxylic acids is 1. The average Bonchev–Trinajstić information content (AvgIpc) is 3.02. The zero-order chi connectivity index (χ0) is 17.9. The largest absolute Gasteiger partial charge is 0.416 e. The van der Waals surface area contributed by atoms with Crippen LogP contribution in [0.25, 0.3) is 0 Å². The number of aromatic nitrogens is 2. The summed E-state index contributed by atoms with van der Waals surface area (Å²) in [5, 5.41) is 6.77. The molecule has 1 aromatic heterocycles. The van der Waals surface area contributed by atoms with Crippen molar-refractivity contribution in [2.24, 2.45) is 0 Å². The van der Waals surface area contributed by atoms with Crippen molar-refractivity contribution in [3.05, 3.63) is 83.7 Å². The predicted octanol–water partition coefficient (Wildman–Crippen LogP) is 4.20. The van der Waals surface area contributed by atoms with E-state index in [0.717, 1.165) is 12.1 Å². The molecule has 4 nitrogen and oxygen atoms in total. The lowest BCUT2D eigenvalue weighted by atomic mass is 10.1. The Morgan fingerprint density at radius 3 is 2.56 bits per heavy atom. The van der Waals surface area contributed by atoms with Gasteiger partial charge in [-0.3, -0.25) is 9.48 Å². The van der Waals surface area contributed by atoms with Gasteiger partial charge in [0.05, 0.1) is 24.0 Å². The molecule has 0 bridgehead atoms. The second-order valence-corrected chi connectivity index (χ2v) is 5.44. The minimum Gasteiger partial charge on any atom is -0.319 e. The van der Waals surface area contributed by atoms with Gasteiger partial charge in [0.25, 0.3) is 5.91 Å². The van der Waals surface area contributed by atoms with Gasteiger partial charge in [-0.2, -0.15) is 18.3 Å². The second kappa shape index (κ2) is 6.80. The van der Waals surface area contributed by atoms with Crippen LogP contribution in [0.1, 0.15) is 21.5 Å². The highest BCUT2D eigenvalue weighted by Crippen LogP contribution is 2.29. The van der Waals surface area contributed by atoms with Crippen LogP contribution in [0, 0.1) is 0 Å². The van der Waals surface area contributed by atoms with Gasteiger partial charge in [0, 0.05) is 11.8 Å². The van der Waals surface area contributed by atoms with Crippen molar-refractivity contribution in [1.82, 2.24) is 9.78 Å². The fourth-order valence-electron chi connectivity index (χ4n) is 2.34. The van der Waals surface area contributed by atoms with Gasteiger partial charge in [-0.15, -0.1) is 0 Å². The minimum atomic E-state index is -4.38. The first-order valence-corrected chi connectivity index (χ1v) is 7.47. The van der Waals surface area contributed by atoms with E-state index in [4.69, 9.17) is 0 Å². The molecule has 25 heavy (non-hydrogen) atoms. The van der Waals surface area contributed by atoms with Crippen LogP contribution in [0.5, 0.6) is 0 Å². The van der Waals surface area contributed by atoms with E-state index < -0.39 is 11.7 Å². The van der Waals surface area contributed by atoms with Crippen LogP contribution in [0.2, 0.25) is 0 Å². The zero-order valence-corrected chi connectivity index (χ0v) is 13.0. The monoisotopic (exact) mass is 345 g/mol. The van der Waals surface area contributed by atoms with E-state index in [1.165, 1.54) is 16.9 Å². The molecule has 1 N–H and O–H groups in total. The number of rotatable bonds is 4. The van der Waals surface area contributed by atoms with E-state index in [0.29, 0.717) is 16.8 Å². The third kappa shape index (κ3) is 4.26. The van der Waals surface area contributed by atoms with Crippen LogP contribution in [-0.2, 0) is 12.7 Å². The van der Waals surface area contributed by atoms with Gasteiger partial charge in [0.2, 0.25) is 0 Å². The first-order chi connectivity index (χ1) is 11.9. The molecule has 0 saturated carbocycles. The van der Waals surface area contributed by atoms with Crippen molar-refractivity contribution in [2.45, 2.75) is 12.7 Å². The smallest absolute Gasteiger partial charge is 0.319 e. The predicted molar refractivity (Wildman–Crippen MR) is 87.2 cm³/mol. The van der Waals surface area contributed by atoms with E-state index >= 15 is 0 Å². The highest BCUT2D eigenvalue weighted by atomic mass is 19.4. The van der Waals surface area contributed by atoms with Gasteiger partial charge in [-0.1, -0.05) is 30.3 Å². The maximum absolute atomic E-state index is 12.7. The minimum absolute atomic E-state index is 0.172. The van der Waals surface area contributed by atoms with Crippen LogP contribution in [-0.4, -0.2) is 15.7 Å². The molecule has 0 aliphatic rings. The summed E-state index contributed by atoms with van der Waals surface area (Å²) < 4.78 is 39.7. The van der Waals surface area contributed by atoms with Gasteiger partial charge in [0.1, 0.15) is 0 Å². The standard InChI is InChI=1S/C18H14F3N3O/c19-18(20,21)15-8-4-5-13(9-15)11-24-12-16(10-22-24)23-17(25)14-6-2-1-3-7-14/h1-10,12H,11H2,(H,23,25). The Labute approximate surface area is 141 Å². The first-order valence-electron chi connectivity index (χ1n) is 7.47. The molecule has 0 spiro atoms. The van der Waals surface area contributed by atoms with Crippen molar-refractivity contribution >= 4 is 11.6 Å². The molecule has 0 fully saturated rings. The normalized spacial score (nSPS) is 11.3. The summed E-state index contributed by atoms with van der Waals surface area (Å²) in [6.45, 7) is 0.172. The Morgan fingerprint density at radius 1 is 1.08 bits per heavy atom. The van der Waals surface area contributed by atoms with Crippen LogP contribution in [0.15, 0.2) is 67.0 Å². The Bertz CT molecular complexity index is 873. The molecule has 3 rings (SSSR count). The molecule has 2 aromatic carbocycles. The fraction of sp³-hybridized carbons (Fsp3) is 0.111. The maximum atomic E-state index is 12.7. The lowest BCUT2D eigenvalue weighted by Crippen LogP contribution is -2.11. The number of nitrogens with one attached hydrogen (secondary N) is 1. The Balaban J connectivity index is 1.69. The maximum Gasteiger partial charge on any atom is 0.416 e. The number of anilines is 1. The summed E-state index contributed by atoms with van der Waals surface area (Å²) in [7, 11) is 0. The third-order valence-electron chi connectivity index (χ3n) is 3.53. The quantitative estimate of drug-likeness (QED) is 0.770. The van der Waals surface area contributed by atoms with Crippen LogP contribution in [0.3, 0.4) is 0 Å². The van der Waals surface area contributed by atoms with Gasteiger partial charge in [0.15, 0.2) is 0 Å². The molecule has 0 radical (unpaired) electrons. The van der Waals surface area contributed by atoms with Crippen LogP contribution < -0.4 is 5.32 Å². The van der Waals surface area contributed by atoms with Crippen molar-refractivity contribution in [2.75, 3.05) is 5.32 Å². The summed E-state index contributed by atoms with van der Waals surface area (Å²) in [4.78, 5) is 12.1. The molecule has 7 heteroatoms. The van der Waals surface area contributed by atoms with Crippen molar-refractivity contribution < 1.29 is 18.0 Å². The number of nitrogens with zero attached hydrogens (tertiary/aromatic N) is 2. The van der Waals surface area contributed by atoms with Crippen LogP contribution in [0.4, 0.5) is 18.9 Å². The Kier molecular flexibility index (Phi) is 4.56. The second-order valence-electron chi connectivity index (χ2n) is 5.44. The van der Waals surface area contributed by atoms with Crippen molar-refractivity contribution in [1.29, 1.82) is 0 Å². The molecule has 0 aliphatic carbocycles. The van der Waals surface area contributed by atoms with Crippen molar-refractivity contribution in [3.8, 4) is 0 Å². The number of benzene rings is 2. The lowest BCUT2D eigenvalue weighted by Gasteiger charge is -2.08. The van der Waals surface area contributed by atoms with E-state index in [1.807, 2.05) is 6.07 Å². The first kappa shape index (κ1) is 16.8. The number of alkyl halides is 3. The van der Waals surface area contributed by atoms with Gasteiger partial charge >= 0.3 is 6.18 Å². The summed E-state index contributed by atoms with van der Waals surface area (Å²) >= 11 is 0. The molecule has 1 heterocycles. The molecule has 0 unspecified atom stereocenters. The van der Waals surface area contributed by atoms with E-state index in [1.54, 1.807) is 36.5 Å². The lowest BCUT2D eigenvalue weighted by molar-refractivity contribution is -0.137. The van der Waals surface area contributed by atoms with E-state index in [-0.39, 0.29) is 12.5 Å². The summed E-state index contributed by atoms with van der Waals surface area (Å²) in [5.41, 5.74) is 0.752. The SMILES string of the molecule is O=C(Nc1cnn(Cc2cccc(C(F)(F)F)c2)c1)c1ccccc1. The Hall–Kier alpha value is -3.09. The summed E-state index contributed by atoms with van der Waals surface area (Å²) in [6, 6.07) is 13.8. The molecule has 0 saturated heterocycles. The molecule has 0 atom stereocenters. The topological polar surface area (TPSA) is 46.9 Å². The zero-order valence-electron chi connectivity index (χ0n) is 13.0. The third-order valence-corrected chi connectivity index (χ3v) is 3.53. The number of amides is 1. The molecule has 0 aliphatic heterocycles. The van der Waals surface area contributed by atoms with Crippen molar-refractivity contribution in [3.63, 3.8) is 0 Å². The number of hydrogen-bond acceptors (Lipinski definition) is 2. The fourth-order valence-corrected chi connectivity index (χ4v) is 2.34. The number of hydrogen-bond donors (Lipinski definition) is 1. The van der Waals surface area contributed by atoms with Gasteiger partial charge in [-0.25, -0.2) is 0 Å². The van der Waals surface area contributed by atoms with Gasteiger partial charge in [-0.05, 0) is 29.8 Å². The summed E-state index contributed by atoms with van der Waals surface area (Å²) in [6.07, 6.45) is -1.36.